The number of hydrogen-bond acceptors (Lipinski definition) is 1. The molecule has 0 bridgehead atoms. The van der Waals surface area contributed by atoms with E-state index in [-0.39, 0.29) is 0 Å². The highest BCUT2D eigenvalue weighted by Crippen LogP contribution is 2.07. The molecule has 0 unspecified atom stereocenters. The molecule has 41 valence electrons. The van der Waals surface area contributed by atoms with Crippen LogP contribution in [0.3, 0.4) is 0 Å². The van der Waals surface area contributed by atoms with Crippen molar-refractivity contribution in [2.75, 3.05) is 0 Å². The topological polar surface area (TPSA) is 12.9 Å². The summed E-state index contributed by atoms with van der Waals surface area (Å²) in [5.41, 5.74) is 0. The Balaban J connectivity index is 3.08. The molecule has 0 aliphatic carbocycles. The Hall–Kier alpha value is -0.270. The molecule has 0 aliphatic rings. The zero-order valence-electron chi connectivity index (χ0n) is 3.86. The van der Waals surface area contributed by atoms with Gasteiger partial charge in [0.15, 0.2) is 0 Å². The summed E-state index contributed by atoms with van der Waals surface area (Å²) in [7, 11) is 0. The standard InChI is InChI=1S/C5H2Cl2N/c6-4-2-1-3-5(7)8-4/h2-3H. The van der Waals surface area contributed by atoms with Gasteiger partial charge in [-0.05, 0) is 18.2 Å². The second kappa shape index (κ2) is 2.33. The van der Waals surface area contributed by atoms with E-state index in [1.807, 2.05) is 0 Å². The maximum Gasteiger partial charge on any atom is 0.131 e. The van der Waals surface area contributed by atoms with Crippen molar-refractivity contribution in [1.29, 1.82) is 0 Å². The molecule has 0 amide bonds. The van der Waals surface area contributed by atoms with Crippen LogP contribution in [0.1, 0.15) is 0 Å². The van der Waals surface area contributed by atoms with Crippen molar-refractivity contribution in [1.82, 2.24) is 4.98 Å². The third-order valence-corrected chi connectivity index (χ3v) is 1.01. The molecule has 0 atom stereocenters. The van der Waals surface area contributed by atoms with Gasteiger partial charge in [0.05, 0.1) is 0 Å². The van der Waals surface area contributed by atoms with Crippen LogP contribution in [-0.4, -0.2) is 4.98 Å². The number of nitrogens with zero attached hydrogens (tertiary/aromatic N) is 1. The van der Waals surface area contributed by atoms with Crippen LogP contribution < -0.4 is 0 Å². The van der Waals surface area contributed by atoms with Gasteiger partial charge in [0.2, 0.25) is 0 Å². The highest BCUT2D eigenvalue weighted by Gasteiger charge is 1.87. The summed E-state index contributed by atoms with van der Waals surface area (Å²) in [4.78, 5) is 3.67. The van der Waals surface area contributed by atoms with Gasteiger partial charge in [-0.25, -0.2) is 4.98 Å². The fraction of sp³-hybridized carbons (Fsp3) is 0. The SMILES string of the molecule is Clc1c[c]cc(Cl)n1. The Kier molecular flexibility index (Phi) is 1.71. The molecule has 1 rings (SSSR count). The summed E-state index contributed by atoms with van der Waals surface area (Å²) in [6, 6.07) is 5.80. The number of pyridine rings is 1. The molecule has 1 aromatic rings. The summed E-state index contributed by atoms with van der Waals surface area (Å²) < 4.78 is 0. The van der Waals surface area contributed by atoms with E-state index in [4.69, 9.17) is 23.2 Å². The quantitative estimate of drug-likeness (QED) is 0.512. The van der Waals surface area contributed by atoms with Gasteiger partial charge < -0.3 is 0 Å². The van der Waals surface area contributed by atoms with Crippen LogP contribution in [0, 0.1) is 6.07 Å². The maximum absolute atomic E-state index is 5.42. The Morgan fingerprint density at radius 1 is 1.25 bits per heavy atom. The van der Waals surface area contributed by atoms with Gasteiger partial charge in [0.1, 0.15) is 10.3 Å². The monoisotopic (exact) mass is 146 g/mol. The van der Waals surface area contributed by atoms with Gasteiger partial charge >= 0.3 is 0 Å². The molecule has 0 aliphatic heterocycles. The lowest BCUT2D eigenvalue weighted by Gasteiger charge is -1.85. The largest absolute Gasteiger partial charge is 0.224 e. The minimum Gasteiger partial charge on any atom is -0.224 e. The molecule has 1 radical (unpaired) electrons. The van der Waals surface area contributed by atoms with Gasteiger partial charge in [-0.2, -0.15) is 0 Å². The molecule has 0 fully saturated rings. The van der Waals surface area contributed by atoms with Gasteiger partial charge in [-0.3, -0.25) is 0 Å². The zero-order valence-corrected chi connectivity index (χ0v) is 5.37. The van der Waals surface area contributed by atoms with Crippen LogP contribution in [0.5, 0.6) is 0 Å². The third kappa shape index (κ3) is 1.35. The first-order chi connectivity index (χ1) is 3.79. The van der Waals surface area contributed by atoms with Crippen LogP contribution in [0.2, 0.25) is 10.3 Å². The lowest BCUT2D eigenvalue weighted by Crippen LogP contribution is -1.72. The second-order valence-corrected chi connectivity index (χ2v) is 1.99. The molecule has 3 heteroatoms. The zero-order chi connectivity index (χ0) is 5.98. The van der Waals surface area contributed by atoms with E-state index in [9.17, 15) is 0 Å². The molecular weight excluding hydrogens is 145 g/mol. The number of rotatable bonds is 0. The number of aromatic nitrogens is 1. The minimum absolute atomic E-state index is 0.373. The molecule has 1 heterocycles. The van der Waals surface area contributed by atoms with Crippen LogP contribution in [0.25, 0.3) is 0 Å². The molecule has 1 nitrogen and oxygen atoms in total. The van der Waals surface area contributed by atoms with Crippen molar-refractivity contribution < 1.29 is 0 Å². The van der Waals surface area contributed by atoms with E-state index >= 15 is 0 Å². The van der Waals surface area contributed by atoms with Gasteiger partial charge in [-0.1, -0.05) is 23.2 Å². The van der Waals surface area contributed by atoms with Gasteiger partial charge in [-0.15, -0.1) is 0 Å². The Morgan fingerprint density at radius 3 is 2.00 bits per heavy atom. The van der Waals surface area contributed by atoms with Crippen molar-refractivity contribution in [2.24, 2.45) is 0 Å². The van der Waals surface area contributed by atoms with Crippen LogP contribution in [0.4, 0.5) is 0 Å². The van der Waals surface area contributed by atoms with Crippen LogP contribution in [0.15, 0.2) is 12.1 Å². The molecule has 1 aromatic heterocycles. The molecule has 0 N–H and O–H groups in total. The Labute approximate surface area is 57.3 Å². The van der Waals surface area contributed by atoms with Gasteiger partial charge in [0, 0.05) is 0 Å². The molecule has 0 saturated carbocycles. The maximum atomic E-state index is 5.42. The summed E-state index contributed by atoms with van der Waals surface area (Å²) >= 11 is 10.8. The van der Waals surface area contributed by atoms with E-state index in [0.717, 1.165) is 0 Å². The summed E-state index contributed by atoms with van der Waals surface area (Å²) in [5, 5.41) is 0.745. The highest BCUT2D eigenvalue weighted by molar-refractivity contribution is 6.32. The predicted octanol–water partition coefficient (Wildman–Crippen LogP) is 2.19. The highest BCUT2D eigenvalue weighted by atomic mass is 35.5. The van der Waals surface area contributed by atoms with Crippen molar-refractivity contribution in [3.05, 3.63) is 28.5 Å². The smallest absolute Gasteiger partial charge is 0.131 e. The normalized spacial score (nSPS) is 9.25. The predicted molar refractivity (Wildman–Crippen MR) is 33.1 cm³/mol. The fourth-order valence-corrected chi connectivity index (χ4v) is 0.697. The molecule has 8 heavy (non-hydrogen) atoms. The minimum atomic E-state index is 0.373. The first kappa shape index (κ1) is 5.86. The number of hydrogen-bond donors (Lipinski definition) is 0. The number of halogens is 2. The van der Waals surface area contributed by atoms with Crippen molar-refractivity contribution in [3.63, 3.8) is 0 Å². The van der Waals surface area contributed by atoms with Crippen LogP contribution in [-0.2, 0) is 0 Å². The summed E-state index contributed by atoms with van der Waals surface area (Å²) in [5.74, 6) is 0. The van der Waals surface area contributed by atoms with E-state index in [1.165, 1.54) is 0 Å². The third-order valence-electron chi connectivity index (χ3n) is 0.618. The molecule has 0 saturated heterocycles. The summed E-state index contributed by atoms with van der Waals surface area (Å²) in [6.45, 7) is 0. The average Bonchev–Trinajstić information content (AvgIpc) is 1.64. The van der Waals surface area contributed by atoms with Crippen molar-refractivity contribution in [3.8, 4) is 0 Å². The van der Waals surface area contributed by atoms with Crippen LogP contribution >= 0.6 is 23.2 Å². The molecule has 0 spiro atoms. The molecule has 0 aromatic carbocycles. The van der Waals surface area contributed by atoms with E-state index in [1.54, 1.807) is 12.1 Å². The lowest BCUT2D eigenvalue weighted by atomic mass is 10.5. The lowest BCUT2D eigenvalue weighted by molar-refractivity contribution is 1.32. The van der Waals surface area contributed by atoms with Gasteiger partial charge in [0.25, 0.3) is 0 Å². The van der Waals surface area contributed by atoms with E-state index in [0.29, 0.717) is 10.3 Å². The Morgan fingerprint density at radius 2 is 1.75 bits per heavy atom. The summed E-state index contributed by atoms with van der Waals surface area (Å²) in [6.07, 6.45) is 0. The first-order valence-corrected chi connectivity index (χ1v) is 2.74. The van der Waals surface area contributed by atoms with E-state index < -0.39 is 0 Å². The molecular formula is C5H2Cl2N. The van der Waals surface area contributed by atoms with Crippen molar-refractivity contribution >= 4 is 23.2 Å². The van der Waals surface area contributed by atoms with E-state index in [2.05, 4.69) is 11.1 Å². The average molecular weight is 147 g/mol. The fourth-order valence-electron chi connectivity index (χ4n) is 0.346. The first-order valence-electron chi connectivity index (χ1n) is 1.98. The second-order valence-electron chi connectivity index (χ2n) is 1.21. The Bertz CT molecular complexity index is 170. The van der Waals surface area contributed by atoms with Crippen molar-refractivity contribution in [2.45, 2.75) is 0 Å².